The molecule has 1 atom stereocenters. The predicted octanol–water partition coefficient (Wildman–Crippen LogP) is 2.83. The summed E-state index contributed by atoms with van der Waals surface area (Å²) in [5.41, 5.74) is 1.57. The van der Waals surface area contributed by atoms with Crippen molar-refractivity contribution in [3.63, 3.8) is 0 Å². The van der Waals surface area contributed by atoms with Gasteiger partial charge in [-0.05, 0) is 33.1 Å². The molecule has 2 heterocycles. The van der Waals surface area contributed by atoms with Gasteiger partial charge in [0.25, 0.3) is 0 Å². The zero-order valence-corrected chi connectivity index (χ0v) is 13.2. The summed E-state index contributed by atoms with van der Waals surface area (Å²) >= 11 is 0. The molecule has 1 spiro atoms. The molecule has 116 valence electrons. The van der Waals surface area contributed by atoms with E-state index in [2.05, 4.69) is 17.4 Å². The van der Waals surface area contributed by atoms with Crippen molar-refractivity contribution in [3.05, 3.63) is 17.0 Å². The number of amides is 1. The Morgan fingerprint density at radius 2 is 2.05 bits per heavy atom. The molecule has 2 aliphatic rings. The maximum Gasteiger partial charge on any atom is 0.244 e. The second kappa shape index (κ2) is 5.44. The molecule has 5 heteroatoms. The van der Waals surface area contributed by atoms with Gasteiger partial charge in [-0.2, -0.15) is 0 Å². The van der Waals surface area contributed by atoms with E-state index in [0.29, 0.717) is 0 Å². The lowest BCUT2D eigenvalue weighted by atomic mass is 9.81. The Labute approximate surface area is 126 Å². The minimum Gasteiger partial charge on any atom is -0.361 e. The minimum absolute atomic E-state index is 0.0817. The summed E-state index contributed by atoms with van der Waals surface area (Å²) in [7, 11) is 0. The van der Waals surface area contributed by atoms with Crippen molar-refractivity contribution in [2.45, 2.75) is 71.0 Å². The smallest absolute Gasteiger partial charge is 0.244 e. The average Bonchev–Trinajstić information content (AvgIpc) is 2.93. The average molecular weight is 291 g/mol. The number of nitrogens with one attached hydrogen (secondary N) is 1. The third-order valence-corrected chi connectivity index (χ3v) is 4.93. The number of rotatable bonds is 3. The molecule has 1 N–H and O–H groups in total. The standard InChI is InChI=1S/C16H25N3O2/c1-4-10-19-14(13-11(2)18-21-12(13)3)17-16(15(19)20)8-6-5-7-9-16/h14,17H,4-10H2,1-3H3. The van der Waals surface area contributed by atoms with Gasteiger partial charge < -0.3 is 9.42 Å². The number of hydrogen-bond acceptors (Lipinski definition) is 4. The molecule has 5 nitrogen and oxygen atoms in total. The molecule has 1 aliphatic carbocycles. The number of nitrogens with zero attached hydrogens (tertiary/aromatic N) is 2. The fourth-order valence-corrected chi connectivity index (χ4v) is 3.89. The quantitative estimate of drug-likeness (QED) is 0.930. The number of aromatic nitrogens is 1. The van der Waals surface area contributed by atoms with Gasteiger partial charge in [0.15, 0.2) is 0 Å². The molecule has 1 aromatic heterocycles. The molecule has 0 radical (unpaired) electrons. The fraction of sp³-hybridized carbons (Fsp3) is 0.750. The summed E-state index contributed by atoms with van der Waals surface area (Å²) in [4.78, 5) is 15.0. The van der Waals surface area contributed by atoms with Crippen molar-refractivity contribution >= 4 is 5.91 Å². The van der Waals surface area contributed by atoms with Gasteiger partial charge in [0.1, 0.15) is 11.9 Å². The molecule has 1 aromatic rings. The van der Waals surface area contributed by atoms with Gasteiger partial charge in [-0.3, -0.25) is 10.1 Å². The number of hydrogen-bond donors (Lipinski definition) is 1. The van der Waals surface area contributed by atoms with Crippen LogP contribution in [0.25, 0.3) is 0 Å². The Morgan fingerprint density at radius 1 is 1.33 bits per heavy atom. The van der Waals surface area contributed by atoms with Gasteiger partial charge >= 0.3 is 0 Å². The Morgan fingerprint density at radius 3 is 2.62 bits per heavy atom. The van der Waals surface area contributed by atoms with E-state index < -0.39 is 0 Å². The summed E-state index contributed by atoms with van der Waals surface area (Å²) < 4.78 is 5.32. The van der Waals surface area contributed by atoms with Gasteiger partial charge in [0.05, 0.1) is 16.8 Å². The SMILES string of the molecule is CCCN1C(=O)C2(CCCCC2)NC1c1c(C)noc1C. The van der Waals surface area contributed by atoms with Crippen LogP contribution in [0.1, 0.15) is 68.6 Å². The second-order valence-electron chi connectivity index (χ2n) is 6.43. The van der Waals surface area contributed by atoms with Gasteiger partial charge in [0, 0.05) is 6.54 Å². The molecule has 1 aliphatic heterocycles. The van der Waals surface area contributed by atoms with Crippen molar-refractivity contribution in [1.82, 2.24) is 15.4 Å². The number of carbonyl (C=O) groups is 1. The van der Waals surface area contributed by atoms with Gasteiger partial charge in [-0.1, -0.05) is 31.3 Å². The van der Waals surface area contributed by atoms with Crippen molar-refractivity contribution in [2.75, 3.05) is 6.54 Å². The van der Waals surface area contributed by atoms with Crippen molar-refractivity contribution in [2.24, 2.45) is 0 Å². The van der Waals surface area contributed by atoms with Gasteiger partial charge in [0.2, 0.25) is 5.91 Å². The largest absolute Gasteiger partial charge is 0.361 e. The summed E-state index contributed by atoms with van der Waals surface area (Å²) in [6.45, 7) is 6.78. The highest BCUT2D eigenvalue weighted by atomic mass is 16.5. The van der Waals surface area contributed by atoms with E-state index in [0.717, 1.165) is 55.7 Å². The van der Waals surface area contributed by atoms with Crippen LogP contribution < -0.4 is 5.32 Å². The van der Waals surface area contributed by atoms with Crippen LogP contribution in [0.15, 0.2) is 4.52 Å². The maximum atomic E-state index is 13.0. The zero-order valence-electron chi connectivity index (χ0n) is 13.2. The number of aryl methyl sites for hydroxylation is 2. The third-order valence-electron chi connectivity index (χ3n) is 4.93. The predicted molar refractivity (Wildman–Crippen MR) is 79.7 cm³/mol. The van der Waals surface area contributed by atoms with Crippen molar-refractivity contribution in [3.8, 4) is 0 Å². The monoisotopic (exact) mass is 291 g/mol. The number of carbonyl (C=O) groups excluding carboxylic acids is 1. The highest BCUT2D eigenvalue weighted by Gasteiger charge is 2.52. The highest BCUT2D eigenvalue weighted by molar-refractivity contribution is 5.89. The zero-order chi connectivity index (χ0) is 15.0. The first-order valence-electron chi connectivity index (χ1n) is 8.10. The van der Waals surface area contributed by atoms with Crippen LogP contribution >= 0.6 is 0 Å². The summed E-state index contributed by atoms with van der Waals surface area (Å²) in [6, 6.07) is 0. The molecule has 1 saturated heterocycles. The molecular formula is C16H25N3O2. The molecule has 0 bridgehead atoms. The van der Waals surface area contributed by atoms with Crippen LogP contribution in [0, 0.1) is 13.8 Å². The molecule has 21 heavy (non-hydrogen) atoms. The Kier molecular flexibility index (Phi) is 3.78. The highest BCUT2D eigenvalue weighted by Crippen LogP contribution is 2.41. The van der Waals surface area contributed by atoms with Crippen LogP contribution in [-0.2, 0) is 4.79 Å². The Balaban J connectivity index is 1.97. The molecule has 1 amide bonds. The first-order chi connectivity index (χ1) is 10.1. The molecule has 1 saturated carbocycles. The molecule has 2 fully saturated rings. The first kappa shape index (κ1) is 14.6. The van der Waals surface area contributed by atoms with E-state index in [9.17, 15) is 4.79 Å². The lowest BCUT2D eigenvalue weighted by molar-refractivity contribution is -0.134. The van der Waals surface area contributed by atoms with Crippen LogP contribution in [0.2, 0.25) is 0 Å². The van der Waals surface area contributed by atoms with Gasteiger partial charge in [-0.25, -0.2) is 0 Å². The molecule has 1 unspecified atom stereocenters. The first-order valence-corrected chi connectivity index (χ1v) is 8.10. The van der Waals surface area contributed by atoms with Gasteiger partial charge in [-0.15, -0.1) is 0 Å². The van der Waals surface area contributed by atoms with Crippen molar-refractivity contribution < 1.29 is 9.32 Å². The van der Waals surface area contributed by atoms with Crippen LogP contribution in [0.4, 0.5) is 0 Å². The molecule has 0 aromatic carbocycles. The summed E-state index contributed by atoms with van der Waals surface area (Å²) in [6.07, 6.45) is 6.28. The van der Waals surface area contributed by atoms with E-state index in [-0.39, 0.29) is 17.6 Å². The lowest BCUT2D eigenvalue weighted by Crippen LogP contribution is -2.48. The molecule has 3 rings (SSSR count). The third kappa shape index (κ3) is 2.27. The fourth-order valence-electron chi connectivity index (χ4n) is 3.89. The van der Waals surface area contributed by atoms with E-state index in [4.69, 9.17) is 4.52 Å². The Bertz CT molecular complexity index is 512. The second-order valence-corrected chi connectivity index (χ2v) is 6.43. The van der Waals surface area contributed by atoms with E-state index in [1.54, 1.807) is 0 Å². The minimum atomic E-state index is -0.353. The normalized spacial score (nSPS) is 25.0. The topological polar surface area (TPSA) is 58.4 Å². The van der Waals surface area contributed by atoms with Crippen LogP contribution in [-0.4, -0.2) is 28.0 Å². The summed E-state index contributed by atoms with van der Waals surface area (Å²) in [5, 5.41) is 7.71. The summed E-state index contributed by atoms with van der Waals surface area (Å²) in [5.74, 6) is 1.08. The van der Waals surface area contributed by atoms with Crippen molar-refractivity contribution in [1.29, 1.82) is 0 Å². The lowest BCUT2D eigenvalue weighted by Gasteiger charge is -2.31. The van der Waals surface area contributed by atoms with E-state index >= 15 is 0 Å². The van der Waals surface area contributed by atoms with E-state index in [1.807, 2.05) is 18.7 Å². The van der Waals surface area contributed by atoms with Crippen LogP contribution in [0.5, 0.6) is 0 Å². The molecular weight excluding hydrogens is 266 g/mol. The van der Waals surface area contributed by atoms with Crippen LogP contribution in [0.3, 0.4) is 0 Å². The Hall–Kier alpha value is -1.36. The van der Waals surface area contributed by atoms with E-state index in [1.165, 1.54) is 6.42 Å². The maximum absolute atomic E-state index is 13.0.